The zero-order valence-corrected chi connectivity index (χ0v) is 10.5. The molecule has 0 bridgehead atoms. The first-order valence-electron chi connectivity index (χ1n) is 6.79. The lowest BCUT2D eigenvalue weighted by molar-refractivity contribution is 0.330. The van der Waals surface area contributed by atoms with Crippen molar-refractivity contribution in [2.75, 3.05) is 0 Å². The Hall–Kier alpha value is -1.60. The van der Waals surface area contributed by atoms with Crippen molar-refractivity contribution in [3.63, 3.8) is 0 Å². The van der Waals surface area contributed by atoms with Crippen LogP contribution >= 0.6 is 0 Å². The van der Waals surface area contributed by atoms with Crippen molar-refractivity contribution < 1.29 is 0 Å². The van der Waals surface area contributed by atoms with Crippen molar-refractivity contribution in [1.82, 2.24) is 5.32 Å². The summed E-state index contributed by atoms with van der Waals surface area (Å²) in [6, 6.07) is 22.6. The van der Waals surface area contributed by atoms with E-state index < -0.39 is 0 Å². The van der Waals surface area contributed by atoms with Crippen LogP contribution < -0.4 is 5.32 Å². The van der Waals surface area contributed by atoms with E-state index in [1.54, 1.807) is 0 Å². The molecule has 1 aliphatic heterocycles. The van der Waals surface area contributed by atoms with Gasteiger partial charge in [0.25, 0.3) is 0 Å². The molecule has 1 unspecified atom stereocenters. The molecule has 1 heterocycles. The van der Waals surface area contributed by atoms with E-state index in [0.29, 0.717) is 12.1 Å². The third-order valence-electron chi connectivity index (χ3n) is 3.79. The van der Waals surface area contributed by atoms with E-state index in [9.17, 15) is 0 Å². The maximum Gasteiger partial charge on any atom is 0.0325 e. The molecule has 1 nitrogen and oxygen atoms in total. The van der Waals surface area contributed by atoms with Crippen molar-refractivity contribution in [3.8, 4) is 0 Å². The van der Waals surface area contributed by atoms with E-state index >= 15 is 0 Å². The van der Waals surface area contributed by atoms with Crippen molar-refractivity contribution in [2.45, 2.75) is 31.3 Å². The Labute approximate surface area is 109 Å². The molecule has 1 N–H and O–H groups in total. The minimum absolute atomic E-state index is 0.505. The molecule has 0 aromatic heterocycles. The molecule has 1 aliphatic rings. The van der Waals surface area contributed by atoms with Crippen LogP contribution in [0.2, 0.25) is 0 Å². The van der Waals surface area contributed by atoms with Crippen molar-refractivity contribution in [3.05, 3.63) is 71.8 Å². The molecule has 0 saturated carbocycles. The number of piperidine rings is 1. The number of benzene rings is 2. The van der Waals surface area contributed by atoms with E-state index in [4.69, 9.17) is 0 Å². The topological polar surface area (TPSA) is 12.0 Å². The summed E-state index contributed by atoms with van der Waals surface area (Å²) in [5.74, 6) is 0. The lowest BCUT2D eigenvalue weighted by Crippen LogP contribution is -2.30. The molecular formula is C17H19N. The first-order valence-corrected chi connectivity index (χ1v) is 6.79. The van der Waals surface area contributed by atoms with E-state index in [0.717, 1.165) is 0 Å². The van der Waals surface area contributed by atoms with Gasteiger partial charge in [-0.1, -0.05) is 60.7 Å². The molecular weight excluding hydrogens is 218 g/mol. The fourth-order valence-electron chi connectivity index (χ4n) is 2.83. The third kappa shape index (κ3) is 2.46. The summed E-state index contributed by atoms with van der Waals surface area (Å²) in [4.78, 5) is 0. The van der Waals surface area contributed by atoms with Gasteiger partial charge in [0.15, 0.2) is 0 Å². The molecule has 2 aromatic carbocycles. The summed E-state index contributed by atoms with van der Waals surface area (Å²) < 4.78 is 0. The van der Waals surface area contributed by atoms with Gasteiger partial charge in [0.2, 0.25) is 0 Å². The highest BCUT2D eigenvalue weighted by molar-refractivity contribution is 5.23. The van der Waals surface area contributed by atoms with Crippen molar-refractivity contribution in [2.24, 2.45) is 0 Å². The average molecular weight is 237 g/mol. The summed E-state index contributed by atoms with van der Waals surface area (Å²) in [5, 5.41) is 3.79. The highest BCUT2D eigenvalue weighted by atomic mass is 15.0. The van der Waals surface area contributed by atoms with E-state index in [2.05, 4.69) is 66.0 Å². The van der Waals surface area contributed by atoms with Crippen LogP contribution in [0.3, 0.4) is 0 Å². The first kappa shape index (κ1) is 11.5. The van der Waals surface area contributed by atoms with Gasteiger partial charge in [0.1, 0.15) is 0 Å². The second kappa shape index (κ2) is 5.36. The van der Waals surface area contributed by atoms with Crippen LogP contribution in [-0.2, 0) is 0 Å². The molecule has 3 rings (SSSR count). The summed E-state index contributed by atoms with van der Waals surface area (Å²) >= 11 is 0. The Morgan fingerprint density at radius 1 is 0.667 bits per heavy atom. The van der Waals surface area contributed by atoms with Gasteiger partial charge in [-0.2, -0.15) is 0 Å². The normalized spacial score (nSPS) is 23.8. The summed E-state index contributed by atoms with van der Waals surface area (Å²) in [7, 11) is 0. The van der Waals surface area contributed by atoms with Gasteiger partial charge in [-0.3, -0.25) is 0 Å². The highest BCUT2D eigenvalue weighted by Gasteiger charge is 2.22. The molecule has 0 amide bonds. The number of rotatable bonds is 2. The maximum atomic E-state index is 3.79. The zero-order valence-electron chi connectivity index (χ0n) is 10.5. The summed E-state index contributed by atoms with van der Waals surface area (Å²) in [5.41, 5.74) is 2.83. The van der Waals surface area contributed by atoms with Gasteiger partial charge >= 0.3 is 0 Å². The van der Waals surface area contributed by atoms with Crippen LogP contribution in [0.4, 0.5) is 0 Å². The van der Waals surface area contributed by atoms with Crippen LogP contribution in [0.25, 0.3) is 0 Å². The van der Waals surface area contributed by atoms with Gasteiger partial charge in [-0.15, -0.1) is 0 Å². The van der Waals surface area contributed by atoms with E-state index in [1.807, 2.05) is 0 Å². The first-order chi connectivity index (χ1) is 8.93. The Kier molecular flexibility index (Phi) is 3.42. The van der Waals surface area contributed by atoms with Gasteiger partial charge < -0.3 is 5.32 Å². The van der Waals surface area contributed by atoms with Crippen molar-refractivity contribution >= 4 is 0 Å². The fourth-order valence-corrected chi connectivity index (χ4v) is 2.83. The number of nitrogens with one attached hydrogen (secondary N) is 1. The van der Waals surface area contributed by atoms with Gasteiger partial charge in [0.05, 0.1) is 0 Å². The lowest BCUT2D eigenvalue weighted by atomic mass is 9.90. The second-order valence-corrected chi connectivity index (χ2v) is 5.02. The lowest BCUT2D eigenvalue weighted by Gasteiger charge is -2.31. The third-order valence-corrected chi connectivity index (χ3v) is 3.79. The zero-order chi connectivity index (χ0) is 12.2. The Balaban J connectivity index is 1.77. The smallest absolute Gasteiger partial charge is 0.0325 e. The van der Waals surface area contributed by atoms with Crippen LogP contribution in [0.1, 0.15) is 42.5 Å². The second-order valence-electron chi connectivity index (χ2n) is 5.02. The molecule has 1 heteroatoms. The standard InChI is InChI=1S/C17H19N/c1-3-8-14(9-4-1)16-12-7-13-17(18-16)15-10-5-2-6-11-15/h1-6,8-11,16-18H,7,12-13H2/t16-,17?/m1/s1. The molecule has 2 aromatic rings. The molecule has 1 saturated heterocycles. The van der Waals surface area contributed by atoms with Crippen LogP contribution in [0.5, 0.6) is 0 Å². The van der Waals surface area contributed by atoms with Crippen LogP contribution in [0.15, 0.2) is 60.7 Å². The molecule has 2 atom stereocenters. The molecule has 0 radical (unpaired) electrons. The quantitative estimate of drug-likeness (QED) is 0.823. The molecule has 0 spiro atoms. The van der Waals surface area contributed by atoms with E-state index in [1.165, 1.54) is 30.4 Å². The fraction of sp³-hybridized carbons (Fsp3) is 0.294. The summed E-state index contributed by atoms with van der Waals surface area (Å²) in [6.45, 7) is 0. The SMILES string of the molecule is c1ccc(C2CCC[C@H](c3ccccc3)N2)cc1. The minimum Gasteiger partial charge on any atom is -0.303 e. The van der Waals surface area contributed by atoms with Crippen molar-refractivity contribution in [1.29, 1.82) is 0 Å². The van der Waals surface area contributed by atoms with Gasteiger partial charge in [-0.25, -0.2) is 0 Å². The Morgan fingerprint density at radius 3 is 1.56 bits per heavy atom. The van der Waals surface area contributed by atoms with E-state index in [-0.39, 0.29) is 0 Å². The number of hydrogen-bond acceptors (Lipinski definition) is 1. The predicted octanol–water partition coefficient (Wildman–Crippen LogP) is 4.24. The maximum absolute atomic E-state index is 3.79. The minimum atomic E-state index is 0.505. The number of hydrogen-bond donors (Lipinski definition) is 1. The molecule has 1 fully saturated rings. The molecule has 18 heavy (non-hydrogen) atoms. The monoisotopic (exact) mass is 237 g/mol. The van der Waals surface area contributed by atoms with Crippen LogP contribution in [-0.4, -0.2) is 0 Å². The molecule has 92 valence electrons. The average Bonchev–Trinajstić information content (AvgIpc) is 2.49. The highest BCUT2D eigenvalue weighted by Crippen LogP contribution is 2.32. The van der Waals surface area contributed by atoms with Gasteiger partial charge in [-0.05, 0) is 30.4 Å². The van der Waals surface area contributed by atoms with Gasteiger partial charge in [0, 0.05) is 12.1 Å². The predicted molar refractivity (Wildman–Crippen MR) is 75.4 cm³/mol. The Bertz CT molecular complexity index is 432. The summed E-state index contributed by atoms with van der Waals surface area (Å²) in [6.07, 6.45) is 3.78. The largest absolute Gasteiger partial charge is 0.303 e. The molecule has 0 aliphatic carbocycles. The Morgan fingerprint density at radius 2 is 1.11 bits per heavy atom. The van der Waals surface area contributed by atoms with Crippen LogP contribution in [0, 0.1) is 0 Å².